The van der Waals surface area contributed by atoms with E-state index in [1.54, 1.807) is 0 Å². The average Bonchev–Trinajstić information content (AvgIpc) is 2.74. The van der Waals surface area contributed by atoms with Crippen LogP contribution in [0.15, 0.2) is 0 Å². The summed E-state index contributed by atoms with van der Waals surface area (Å²) in [5.74, 6) is -0.269. The highest BCUT2D eigenvalue weighted by Crippen LogP contribution is 2.51. The maximum Gasteiger partial charge on any atom is 0.303 e. The molecule has 6 heteroatoms. The fraction of sp³-hybridized carbons (Fsp3) is 0.867. The number of alkyl halides is 1. The second-order valence-corrected chi connectivity index (χ2v) is 7.39. The van der Waals surface area contributed by atoms with Crippen molar-refractivity contribution in [1.29, 1.82) is 0 Å². The van der Waals surface area contributed by atoms with Crippen LogP contribution >= 0.6 is 15.9 Å². The van der Waals surface area contributed by atoms with Crippen molar-refractivity contribution < 1.29 is 19.0 Å². The molecule has 1 spiro atoms. The Bertz CT molecular complexity index is 465. The minimum atomic E-state index is -0.269. The van der Waals surface area contributed by atoms with Crippen molar-refractivity contribution in [3.05, 3.63) is 11.4 Å². The Morgan fingerprint density at radius 2 is 2.29 bits per heavy atom. The molecular formula is C15H20BrNO4. The zero-order valence-corrected chi connectivity index (χ0v) is 13.7. The van der Waals surface area contributed by atoms with E-state index in [9.17, 15) is 4.79 Å². The Balaban J connectivity index is 1.72. The second kappa shape index (κ2) is 5.86. The first-order chi connectivity index (χ1) is 10.0. The quantitative estimate of drug-likeness (QED) is 0.442. The molecule has 0 aromatic heterocycles. The predicted octanol–water partition coefficient (Wildman–Crippen LogP) is 2.47. The number of esters is 1. The van der Waals surface area contributed by atoms with Crippen LogP contribution in [0.25, 0.3) is 4.85 Å². The van der Waals surface area contributed by atoms with Crippen LogP contribution in [-0.2, 0) is 19.0 Å². The Kier molecular flexibility index (Phi) is 4.26. The summed E-state index contributed by atoms with van der Waals surface area (Å²) < 4.78 is 17.9. The number of hydrogen-bond acceptors (Lipinski definition) is 4. The molecule has 5 nitrogen and oxygen atoms in total. The molecule has 0 radical (unpaired) electrons. The molecule has 2 heterocycles. The Labute approximate surface area is 133 Å². The molecule has 116 valence electrons. The van der Waals surface area contributed by atoms with Crippen LogP contribution in [-0.4, -0.2) is 47.4 Å². The summed E-state index contributed by atoms with van der Waals surface area (Å²) in [6, 6.07) is 0. The lowest BCUT2D eigenvalue weighted by Gasteiger charge is -2.44. The summed E-state index contributed by atoms with van der Waals surface area (Å²) in [5, 5.41) is 0. The van der Waals surface area contributed by atoms with Crippen molar-refractivity contribution in [2.45, 2.75) is 73.9 Å². The number of ether oxygens (including phenoxy) is 3. The summed E-state index contributed by atoms with van der Waals surface area (Å²) in [5.41, 5.74) is -0.263. The SMILES string of the molecule is [C-]#[N+]CC[C@H]1CC[C@@H]2O[C@H]3C[C@]2(C[C@H](Br)[C@H]3OC(C)=O)O1. The Morgan fingerprint density at radius 3 is 3.00 bits per heavy atom. The van der Waals surface area contributed by atoms with E-state index in [0.29, 0.717) is 6.54 Å². The van der Waals surface area contributed by atoms with Gasteiger partial charge in [-0.05, 0) is 19.3 Å². The molecule has 1 saturated carbocycles. The molecule has 2 bridgehead atoms. The third kappa shape index (κ3) is 2.84. The molecule has 0 amide bonds. The number of hydrogen-bond donors (Lipinski definition) is 0. The minimum absolute atomic E-state index is 0.0600. The van der Waals surface area contributed by atoms with Crippen molar-refractivity contribution in [2.24, 2.45) is 0 Å². The lowest BCUT2D eigenvalue weighted by Crippen LogP contribution is -2.53. The van der Waals surface area contributed by atoms with Gasteiger partial charge in [0, 0.05) is 19.8 Å². The summed E-state index contributed by atoms with van der Waals surface area (Å²) in [6.45, 7) is 8.87. The summed E-state index contributed by atoms with van der Waals surface area (Å²) in [4.78, 5) is 14.7. The van der Waals surface area contributed by atoms with E-state index in [-0.39, 0.29) is 40.8 Å². The monoisotopic (exact) mass is 357 g/mol. The van der Waals surface area contributed by atoms with Crippen LogP contribution in [0.2, 0.25) is 0 Å². The predicted molar refractivity (Wildman–Crippen MR) is 79.1 cm³/mol. The number of fused-ring (bicyclic) bond motifs is 1. The van der Waals surface area contributed by atoms with E-state index in [0.717, 1.165) is 32.1 Å². The molecule has 1 aliphatic carbocycles. The number of carbonyl (C=O) groups excluding carboxylic acids is 1. The highest BCUT2D eigenvalue weighted by Gasteiger charge is 2.60. The highest BCUT2D eigenvalue weighted by molar-refractivity contribution is 9.09. The molecule has 0 N–H and O–H groups in total. The minimum Gasteiger partial charge on any atom is -0.459 e. The number of rotatable bonds is 3. The molecule has 0 unspecified atom stereocenters. The van der Waals surface area contributed by atoms with Crippen LogP contribution < -0.4 is 0 Å². The van der Waals surface area contributed by atoms with Gasteiger partial charge in [-0.2, -0.15) is 0 Å². The fourth-order valence-electron chi connectivity index (χ4n) is 3.93. The summed E-state index contributed by atoms with van der Waals surface area (Å²) in [7, 11) is 0. The Hall–Kier alpha value is -0.640. The average molecular weight is 358 g/mol. The molecule has 3 fully saturated rings. The summed E-state index contributed by atoms with van der Waals surface area (Å²) >= 11 is 3.65. The standard InChI is InChI=1S/C15H20BrNO4/c1-9(18)19-14-11(16)7-15-8-12(14)20-13(15)4-3-10(21-15)5-6-17-2/h10-14H,3-8H2,1H3/t10-,11+,12+,13+,14-,15+/m1/s1. The zero-order valence-electron chi connectivity index (χ0n) is 12.1. The largest absolute Gasteiger partial charge is 0.459 e. The third-order valence-electron chi connectivity index (χ3n) is 4.75. The molecule has 2 saturated heterocycles. The molecule has 3 aliphatic rings. The van der Waals surface area contributed by atoms with Crippen molar-refractivity contribution in [1.82, 2.24) is 0 Å². The van der Waals surface area contributed by atoms with Gasteiger partial charge in [-0.25, -0.2) is 6.57 Å². The fourth-order valence-corrected chi connectivity index (χ4v) is 4.92. The van der Waals surface area contributed by atoms with Gasteiger partial charge in [-0.3, -0.25) is 4.79 Å². The van der Waals surface area contributed by atoms with E-state index in [2.05, 4.69) is 20.8 Å². The van der Waals surface area contributed by atoms with Gasteiger partial charge < -0.3 is 19.1 Å². The zero-order chi connectivity index (χ0) is 15.0. The lowest BCUT2D eigenvalue weighted by atomic mass is 9.77. The van der Waals surface area contributed by atoms with Crippen LogP contribution in [0.4, 0.5) is 0 Å². The van der Waals surface area contributed by atoms with Gasteiger partial charge in [0.2, 0.25) is 6.54 Å². The van der Waals surface area contributed by atoms with E-state index >= 15 is 0 Å². The van der Waals surface area contributed by atoms with Gasteiger partial charge in [0.1, 0.15) is 6.10 Å². The van der Waals surface area contributed by atoms with Crippen LogP contribution in [0.3, 0.4) is 0 Å². The highest BCUT2D eigenvalue weighted by atomic mass is 79.9. The first-order valence-electron chi connectivity index (χ1n) is 7.52. The summed E-state index contributed by atoms with van der Waals surface area (Å²) in [6.07, 6.45) is 4.21. The van der Waals surface area contributed by atoms with Crippen molar-refractivity contribution in [3.63, 3.8) is 0 Å². The molecule has 6 atom stereocenters. The van der Waals surface area contributed by atoms with E-state index in [4.69, 9.17) is 20.8 Å². The van der Waals surface area contributed by atoms with Gasteiger partial charge in [0.05, 0.1) is 28.7 Å². The van der Waals surface area contributed by atoms with Crippen LogP contribution in [0, 0.1) is 6.57 Å². The van der Waals surface area contributed by atoms with Crippen molar-refractivity contribution in [3.8, 4) is 0 Å². The van der Waals surface area contributed by atoms with Crippen LogP contribution in [0.5, 0.6) is 0 Å². The smallest absolute Gasteiger partial charge is 0.303 e. The molecule has 2 aliphatic heterocycles. The van der Waals surface area contributed by atoms with E-state index in [1.807, 2.05) is 0 Å². The maximum atomic E-state index is 11.3. The van der Waals surface area contributed by atoms with Gasteiger partial charge in [0.25, 0.3) is 0 Å². The Morgan fingerprint density at radius 1 is 1.48 bits per heavy atom. The third-order valence-corrected chi connectivity index (χ3v) is 5.60. The molecule has 0 aromatic carbocycles. The number of nitrogens with zero attached hydrogens (tertiary/aromatic N) is 1. The van der Waals surface area contributed by atoms with Gasteiger partial charge in [-0.1, -0.05) is 15.9 Å². The van der Waals surface area contributed by atoms with Gasteiger partial charge in [-0.15, -0.1) is 0 Å². The second-order valence-electron chi connectivity index (χ2n) is 6.21. The van der Waals surface area contributed by atoms with E-state index in [1.165, 1.54) is 6.92 Å². The van der Waals surface area contributed by atoms with E-state index < -0.39 is 0 Å². The lowest BCUT2D eigenvalue weighted by molar-refractivity contribution is -0.165. The van der Waals surface area contributed by atoms with Crippen LogP contribution in [0.1, 0.15) is 39.0 Å². The first-order valence-corrected chi connectivity index (χ1v) is 8.43. The first kappa shape index (κ1) is 15.3. The van der Waals surface area contributed by atoms with Gasteiger partial charge >= 0.3 is 5.97 Å². The van der Waals surface area contributed by atoms with Crippen molar-refractivity contribution in [2.75, 3.05) is 6.54 Å². The van der Waals surface area contributed by atoms with Gasteiger partial charge in [0.15, 0.2) is 0 Å². The molecule has 3 rings (SSSR count). The number of carbonyl (C=O) groups is 1. The normalized spacial score (nSPS) is 44.7. The molecule has 0 aromatic rings. The van der Waals surface area contributed by atoms with Crippen molar-refractivity contribution >= 4 is 21.9 Å². The molecule has 21 heavy (non-hydrogen) atoms. The number of halogens is 1. The topological polar surface area (TPSA) is 49.1 Å². The molecular weight excluding hydrogens is 338 g/mol. The maximum absolute atomic E-state index is 11.3.